The SMILES string of the molecule is C=C(CC(=O)O)C(=O)O.CC(=CCC(CO)(CO)CO)C(=O)O. The van der Waals surface area contributed by atoms with Gasteiger partial charge in [0.2, 0.25) is 0 Å². The first-order valence-corrected chi connectivity index (χ1v) is 6.40. The quantitative estimate of drug-likeness (QED) is 0.303. The fraction of sp³-hybridized carbons (Fsp3) is 0.500. The van der Waals surface area contributed by atoms with Gasteiger partial charge in [0.1, 0.15) is 0 Å². The van der Waals surface area contributed by atoms with Crippen LogP contribution < -0.4 is 0 Å². The van der Waals surface area contributed by atoms with Crippen LogP contribution in [-0.2, 0) is 14.4 Å². The van der Waals surface area contributed by atoms with Crippen molar-refractivity contribution in [2.45, 2.75) is 19.8 Å². The van der Waals surface area contributed by atoms with Crippen LogP contribution in [0.3, 0.4) is 0 Å². The van der Waals surface area contributed by atoms with Gasteiger partial charge < -0.3 is 30.6 Å². The maximum atomic E-state index is 10.4. The molecule has 9 heteroatoms. The highest BCUT2D eigenvalue weighted by molar-refractivity contribution is 5.91. The van der Waals surface area contributed by atoms with E-state index >= 15 is 0 Å². The van der Waals surface area contributed by atoms with E-state index in [0.29, 0.717) is 0 Å². The largest absolute Gasteiger partial charge is 0.481 e. The molecule has 6 N–H and O–H groups in total. The molecule has 0 amide bonds. The zero-order valence-electron chi connectivity index (χ0n) is 12.7. The van der Waals surface area contributed by atoms with Crippen LogP contribution in [-0.4, -0.2) is 68.4 Å². The standard InChI is InChI=1S/C9H16O5.C5H6O4/c1-7(8(13)14)2-3-9(4-10,5-11)6-12;1-3(5(8)9)2-4(6)7/h2,10-12H,3-6H2,1H3,(H,13,14);1-2H2,(H,6,7)(H,8,9). The van der Waals surface area contributed by atoms with Crippen LogP contribution in [0.1, 0.15) is 19.8 Å². The van der Waals surface area contributed by atoms with Gasteiger partial charge in [-0.3, -0.25) is 4.79 Å². The molecule has 0 unspecified atom stereocenters. The molecule has 0 radical (unpaired) electrons. The third kappa shape index (κ3) is 10.2. The van der Waals surface area contributed by atoms with Crippen LogP contribution in [0.2, 0.25) is 0 Å². The minimum absolute atomic E-state index is 0.129. The zero-order valence-corrected chi connectivity index (χ0v) is 12.7. The Hall–Kier alpha value is -2.23. The number of aliphatic carboxylic acids is 3. The first kappa shape index (κ1) is 23.0. The van der Waals surface area contributed by atoms with Gasteiger partial charge in [-0.15, -0.1) is 0 Å². The average molecular weight is 334 g/mol. The molecular formula is C14H22O9. The monoisotopic (exact) mass is 334 g/mol. The van der Waals surface area contributed by atoms with Crippen LogP contribution in [0.4, 0.5) is 0 Å². The van der Waals surface area contributed by atoms with E-state index in [9.17, 15) is 14.4 Å². The Morgan fingerprint density at radius 1 is 0.957 bits per heavy atom. The Labute approximate surface area is 132 Å². The number of carboxylic acids is 3. The number of allylic oxidation sites excluding steroid dienone is 1. The van der Waals surface area contributed by atoms with Gasteiger partial charge in [0, 0.05) is 16.6 Å². The lowest BCUT2D eigenvalue weighted by Gasteiger charge is -2.25. The Kier molecular flexibility index (Phi) is 11.4. The van der Waals surface area contributed by atoms with Crippen molar-refractivity contribution in [3.05, 3.63) is 23.8 Å². The van der Waals surface area contributed by atoms with E-state index < -0.39 is 29.7 Å². The third-order valence-electron chi connectivity index (χ3n) is 2.85. The van der Waals surface area contributed by atoms with Crippen molar-refractivity contribution >= 4 is 17.9 Å². The third-order valence-corrected chi connectivity index (χ3v) is 2.85. The first-order valence-electron chi connectivity index (χ1n) is 6.40. The lowest BCUT2D eigenvalue weighted by atomic mass is 9.86. The second-order valence-corrected chi connectivity index (χ2v) is 4.85. The fourth-order valence-corrected chi connectivity index (χ4v) is 1.06. The molecule has 0 saturated heterocycles. The molecule has 132 valence electrons. The van der Waals surface area contributed by atoms with E-state index in [1.54, 1.807) is 0 Å². The summed E-state index contributed by atoms with van der Waals surface area (Å²) in [5.74, 6) is -3.49. The molecule has 0 spiro atoms. The second kappa shape index (κ2) is 11.4. The number of aliphatic hydroxyl groups excluding tert-OH is 3. The summed E-state index contributed by atoms with van der Waals surface area (Å²) in [7, 11) is 0. The van der Waals surface area contributed by atoms with E-state index in [2.05, 4.69) is 6.58 Å². The van der Waals surface area contributed by atoms with Crippen LogP contribution in [0.5, 0.6) is 0 Å². The lowest BCUT2D eigenvalue weighted by Crippen LogP contribution is -2.33. The van der Waals surface area contributed by atoms with E-state index in [0.717, 1.165) is 0 Å². The number of aliphatic hydroxyl groups is 3. The smallest absolute Gasteiger partial charge is 0.331 e. The second-order valence-electron chi connectivity index (χ2n) is 4.85. The molecule has 9 nitrogen and oxygen atoms in total. The highest BCUT2D eigenvalue weighted by Gasteiger charge is 2.26. The van der Waals surface area contributed by atoms with Crippen molar-refractivity contribution in [1.29, 1.82) is 0 Å². The van der Waals surface area contributed by atoms with Crippen molar-refractivity contribution < 1.29 is 45.0 Å². The molecule has 0 fully saturated rings. The zero-order chi connectivity index (χ0) is 18.6. The molecule has 0 aromatic rings. The molecule has 0 saturated carbocycles. The molecule has 23 heavy (non-hydrogen) atoms. The summed E-state index contributed by atoms with van der Waals surface area (Å²) >= 11 is 0. The topological polar surface area (TPSA) is 173 Å². The molecule has 0 aromatic carbocycles. The van der Waals surface area contributed by atoms with Crippen LogP contribution in [0.25, 0.3) is 0 Å². The van der Waals surface area contributed by atoms with Gasteiger partial charge in [-0.2, -0.15) is 0 Å². The minimum atomic E-state index is -1.27. The summed E-state index contributed by atoms with van der Waals surface area (Å²) in [5.41, 5.74) is -1.20. The number of carbonyl (C=O) groups is 3. The Balaban J connectivity index is 0. The Morgan fingerprint density at radius 3 is 1.61 bits per heavy atom. The van der Waals surface area contributed by atoms with Crippen LogP contribution in [0, 0.1) is 5.41 Å². The summed E-state index contributed by atoms with van der Waals surface area (Å²) in [4.78, 5) is 30.1. The van der Waals surface area contributed by atoms with Crippen molar-refractivity contribution in [3.63, 3.8) is 0 Å². The van der Waals surface area contributed by atoms with Gasteiger partial charge in [0.25, 0.3) is 0 Å². The predicted molar refractivity (Wildman–Crippen MR) is 78.7 cm³/mol. The highest BCUT2D eigenvalue weighted by Crippen LogP contribution is 2.21. The molecule has 0 aliphatic carbocycles. The number of carboxylic acid groups (broad SMARTS) is 3. The molecule has 0 aliphatic heterocycles. The van der Waals surface area contributed by atoms with Crippen LogP contribution in [0.15, 0.2) is 23.8 Å². The number of hydrogen-bond donors (Lipinski definition) is 6. The molecule has 0 aliphatic rings. The number of rotatable bonds is 9. The number of hydrogen-bond acceptors (Lipinski definition) is 6. The van der Waals surface area contributed by atoms with E-state index in [1.165, 1.54) is 13.0 Å². The van der Waals surface area contributed by atoms with E-state index in [1.807, 2.05) is 0 Å². The Bertz CT molecular complexity index is 453. The molecule has 0 aromatic heterocycles. The summed E-state index contributed by atoms with van der Waals surface area (Å²) < 4.78 is 0. The highest BCUT2D eigenvalue weighted by atomic mass is 16.4. The van der Waals surface area contributed by atoms with Gasteiger partial charge >= 0.3 is 17.9 Å². The molecule has 0 rings (SSSR count). The normalized spacial score (nSPS) is 11.2. The van der Waals surface area contributed by atoms with Crippen molar-refractivity contribution in [3.8, 4) is 0 Å². The van der Waals surface area contributed by atoms with E-state index in [-0.39, 0.29) is 37.4 Å². The maximum Gasteiger partial charge on any atom is 0.331 e. The van der Waals surface area contributed by atoms with Gasteiger partial charge in [0.15, 0.2) is 0 Å². The summed E-state index contributed by atoms with van der Waals surface area (Å²) in [6.45, 7) is 3.27. The van der Waals surface area contributed by atoms with Crippen molar-refractivity contribution in [1.82, 2.24) is 0 Å². The summed E-state index contributed by atoms with van der Waals surface area (Å²) in [5, 5.41) is 51.4. The lowest BCUT2D eigenvalue weighted by molar-refractivity contribution is -0.139. The Morgan fingerprint density at radius 2 is 1.39 bits per heavy atom. The predicted octanol–water partition coefficient (Wildman–Crippen LogP) is -0.527. The summed E-state index contributed by atoms with van der Waals surface area (Å²) in [6, 6.07) is 0. The molecular weight excluding hydrogens is 312 g/mol. The summed E-state index contributed by atoms with van der Waals surface area (Å²) in [6.07, 6.45) is 1.01. The van der Waals surface area contributed by atoms with Crippen LogP contribution >= 0.6 is 0 Å². The van der Waals surface area contributed by atoms with Gasteiger partial charge in [0.05, 0.1) is 26.2 Å². The first-order chi connectivity index (χ1) is 10.5. The van der Waals surface area contributed by atoms with Crippen molar-refractivity contribution in [2.75, 3.05) is 19.8 Å². The maximum absolute atomic E-state index is 10.4. The molecule has 0 heterocycles. The average Bonchev–Trinajstić information content (AvgIpc) is 2.48. The van der Waals surface area contributed by atoms with Gasteiger partial charge in [-0.1, -0.05) is 12.7 Å². The van der Waals surface area contributed by atoms with E-state index in [4.69, 9.17) is 30.6 Å². The van der Waals surface area contributed by atoms with Crippen molar-refractivity contribution in [2.24, 2.45) is 5.41 Å². The fourth-order valence-electron chi connectivity index (χ4n) is 1.06. The van der Waals surface area contributed by atoms with Gasteiger partial charge in [-0.05, 0) is 13.3 Å². The van der Waals surface area contributed by atoms with Gasteiger partial charge in [-0.25, -0.2) is 9.59 Å². The molecule has 0 bridgehead atoms. The molecule has 0 atom stereocenters. The minimum Gasteiger partial charge on any atom is -0.481 e.